The van der Waals surface area contributed by atoms with Crippen LogP contribution in [0.4, 0.5) is 5.69 Å². The van der Waals surface area contributed by atoms with E-state index < -0.39 is 35.3 Å². The Hall–Kier alpha value is -2.51. The van der Waals surface area contributed by atoms with E-state index in [0.29, 0.717) is 5.69 Å². The predicted octanol–water partition coefficient (Wildman–Crippen LogP) is 2.35. The van der Waals surface area contributed by atoms with Crippen LogP contribution in [0.2, 0.25) is 0 Å². The summed E-state index contributed by atoms with van der Waals surface area (Å²) in [6.07, 6.45) is 0. The number of rotatable bonds is 3. The first-order valence-electron chi connectivity index (χ1n) is 8.34. The van der Waals surface area contributed by atoms with Crippen molar-refractivity contribution in [3.05, 3.63) is 52.2 Å². The molecule has 3 heterocycles. The Labute approximate surface area is 154 Å². The topological polar surface area (TPSA) is 86.7 Å². The number of benzene rings is 1. The molecule has 0 saturated carbocycles. The number of carboxylic acids is 1. The number of aliphatic carboxylic acids is 1. The Morgan fingerprint density at radius 3 is 2.54 bits per heavy atom. The van der Waals surface area contributed by atoms with Gasteiger partial charge in [-0.25, -0.2) is 4.90 Å². The molecule has 2 aromatic rings. The van der Waals surface area contributed by atoms with Crippen molar-refractivity contribution in [3.63, 3.8) is 0 Å². The zero-order chi connectivity index (χ0) is 18.6. The number of carbonyl (C=O) groups excluding carboxylic acids is 2. The molecular weight excluding hydrogens is 352 g/mol. The van der Waals surface area contributed by atoms with Crippen LogP contribution in [-0.4, -0.2) is 28.4 Å². The standard InChI is InChI=1S/C19H18N2O4S/c1-10-6-3-4-7-11(10)21-16(22)13-14(17(21)23)19(2,18(24)25)20-15(13)12-8-5-9-26-12/h3-9,13-15,20H,1-2H3,(H,24,25). The smallest absolute Gasteiger partial charge is 0.324 e. The fourth-order valence-electron chi connectivity index (χ4n) is 4.10. The van der Waals surface area contributed by atoms with Gasteiger partial charge in [0.2, 0.25) is 11.8 Å². The summed E-state index contributed by atoms with van der Waals surface area (Å²) in [4.78, 5) is 40.5. The van der Waals surface area contributed by atoms with Crippen LogP contribution in [0.3, 0.4) is 0 Å². The maximum atomic E-state index is 13.2. The number of imide groups is 1. The quantitative estimate of drug-likeness (QED) is 0.810. The number of nitrogens with one attached hydrogen (secondary N) is 1. The first-order valence-corrected chi connectivity index (χ1v) is 9.22. The van der Waals surface area contributed by atoms with E-state index in [1.54, 1.807) is 12.1 Å². The van der Waals surface area contributed by atoms with Gasteiger partial charge >= 0.3 is 5.97 Å². The van der Waals surface area contributed by atoms with E-state index in [1.165, 1.54) is 23.2 Å². The molecule has 2 amide bonds. The van der Waals surface area contributed by atoms with Crippen molar-refractivity contribution in [2.45, 2.75) is 25.4 Å². The lowest BCUT2D eigenvalue weighted by atomic mass is 9.81. The second kappa shape index (κ2) is 5.75. The zero-order valence-electron chi connectivity index (χ0n) is 14.3. The van der Waals surface area contributed by atoms with E-state index in [1.807, 2.05) is 36.6 Å². The number of anilines is 1. The number of nitrogens with zero attached hydrogens (tertiary/aromatic N) is 1. The van der Waals surface area contributed by atoms with Crippen molar-refractivity contribution in [1.82, 2.24) is 5.32 Å². The zero-order valence-corrected chi connectivity index (χ0v) is 15.1. The highest BCUT2D eigenvalue weighted by Crippen LogP contribution is 2.50. The molecule has 0 bridgehead atoms. The largest absolute Gasteiger partial charge is 0.480 e. The van der Waals surface area contributed by atoms with Gasteiger partial charge in [0.05, 0.1) is 23.6 Å². The lowest BCUT2D eigenvalue weighted by Gasteiger charge is -2.27. The van der Waals surface area contributed by atoms with E-state index in [0.717, 1.165) is 10.4 Å². The van der Waals surface area contributed by atoms with E-state index >= 15 is 0 Å². The van der Waals surface area contributed by atoms with Crippen molar-refractivity contribution < 1.29 is 19.5 Å². The number of para-hydroxylation sites is 1. The highest BCUT2D eigenvalue weighted by Gasteiger charge is 2.67. The number of fused-ring (bicyclic) bond motifs is 1. The average Bonchev–Trinajstić information content (AvgIpc) is 3.28. The minimum absolute atomic E-state index is 0.342. The molecule has 7 heteroatoms. The Bertz CT molecular complexity index is 910. The molecule has 2 N–H and O–H groups in total. The lowest BCUT2D eigenvalue weighted by molar-refractivity contribution is -0.147. The molecule has 2 fully saturated rings. The van der Waals surface area contributed by atoms with Gasteiger partial charge in [-0.3, -0.25) is 19.7 Å². The number of thiophene rings is 1. The molecule has 2 aliphatic rings. The van der Waals surface area contributed by atoms with Gasteiger partial charge in [0, 0.05) is 4.88 Å². The minimum Gasteiger partial charge on any atom is -0.480 e. The molecule has 0 radical (unpaired) electrons. The first kappa shape index (κ1) is 16.9. The Balaban J connectivity index is 1.85. The van der Waals surface area contributed by atoms with Crippen LogP contribution < -0.4 is 10.2 Å². The molecular formula is C19H18N2O4S. The normalized spacial score (nSPS) is 30.7. The van der Waals surface area contributed by atoms with Gasteiger partial charge in [-0.2, -0.15) is 0 Å². The molecule has 1 aromatic heterocycles. The number of hydrogen-bond acceptors (Lipinski definition) is 5. The molecule has 6 nitrogen and oxygen atoms in total. The molecule has 26 heavy (non-hydrogen) atoms. The second-order valence-corrected chi connectivity index (χ2v) is 7.93. The molecule has 4 unspecified atom stereocenters. The summed E-state index contributed by atoms with van der Waals surface area (Å²) in [5.74, 6) is -3.60. The number of carbonyl (C=O) groups is 3. The molecule has 4 rings (SSSR count). The molecule has 4 atom stereocenters. The summed E-state index contributed by atoms with van der Waals surface area (Å²) >= 11 is 1.45. The van der Waals surface area contributed by atoms with Crippen LogP contribution in [0, 0.1) is 18.8 Å². The summed E-state index contributed by atoms with van der Waals surface area (Å²) in [7, 11) is 0. The van der Waals surface area contributed by atoms with Crippen LogP contribution in [0.5, 0.6) is 0 Å². The SMILES string of the molecule is Cc1ccccc1N1C(=O)C2C(c3cccs3)NC(C)(C(=O)O)C2C1=O. The van der Waals surface area contributed by atoms with Crippen molar-refractivity contribution in [3.8, 4) is 0 Å². The fraction of sp³-hybridized carbons (Fsp3) is 0.316. The van der Waals surface area contributed by atoms with Crippen LogP contribution >= 0.6 is 11.3 Å². The maximum absolute atomic E-state index is 13.2. The van der Waals surface area contributed by atoms with Crippen LogP contribution in [-0.2, 0) is 14.4 Å². The van der Waals surface area contributed by atoms with Gasteiger partial charge in [-0.15, -0.1) is 11.3 Å². The van der Waals surface area contributed by atoms with E-state index in [4.69, 9.17) is 0 Å². The number of amides is 2. The third-order valence-corrected chi connectivity index (χ3v) is 6.39. The van der Waals surface area contributed by atoms with Crippen LogP contribution in [0.25, 0.3) is 0 Å². The van der Waals surface area contributed by atoms with Crippen LogP contribution in [0.1, 0.15) is 23.4 Å². The van der Waals surface area contributed by atoms with Crippen molar-refractivity contribution in [1.29, 1.82) is 0 Å². The summed E-state index contributed by atoms with van der Waals surface area (Å²) in [5, 5.41) is 14.7. The van der Waals surface area contributed by atoms with E-state index in [9.17, 15) is 19.5 Å². The molecule has 0 aliphatic carbocycles. The van der Waals surface area contributed by atoms with Crippen LogP contribution in [0.15, 0.2) is 41.8 Å². The van der Waals surface area contributed by atoms with Crippen molar-refractivity contribution in [2.75, 3.05) is 4.90 Å². The number of hydrogen-bond donors (Lipinski definition) is 2. The Kier molecular flexibility index (Phi) is 3.75. The summed E-state index contributed by atoms with van der Waals surface area (Å²) in [6, 6.07) is 10.4. The molecule has 0 spiro atoms. The van der Waals surface area contributed by atoms with Gasteiger partial charge in [0.1, 0.15) is 5.54 Å². The summed E-state index contributed by atoms with van der Waals surface area (Å²) in [6.45, 7) is 3.32. The van der Waals surface area contributed by atoms with Crippen molar-refractivity contribution >= 4 is 34.8 Å². The molecule has 1 aromatic carbocycles. The highest BCUT2D eigenvalue weighted by molar-refractivity contribution is 7.10. The van der Waals surface area contributed by atoms with Gasteiger partial charge in [0.25, 0.3) is 0 Å². The van der Waals surface area contributed by atoms with Gasteiger partial charge in [-0.1, -0.05) is 24.3 Å². The second-order valence-electron chi connectivity index (χ2n) is 6.95. The minimum atomic E-state index is -1.50. The number of aryl methyl sites for hydroxylation is 1. The van der Waals surface area contributed by atoms with E-state index in [-0.39, 0.29) is 5.91 Å². The first-order chi connectivity index (χ1) is 12.4. The Morgan fingerprint density at radius 2 is 1.92 bits per heavy atom. The van der Waals surface area contributed by atoms with Gasteiger partial charge in [-0.05, 0) is 36.9 Å². The molecule has 134 valence electrons. The Morgan fingerprint density at radius 1 is 1.19 bits per heavy atom. The fourth-order valence-corrected chi connectivity index (χ4v) is 4.92. The monoisotopic (exact) mass is 370 g/mol. The molecule has 2 saturated heterocycles. The van der Waals surface area contributed by atoms with Gasteiger partial charge < -0.3 is 5.11 Å². The highest BCUT2D eigenvalue weighted by atomic mass is 32.1. The lowest BCUT2D eigenvalue weighted by Crippen LogP contribution is -2.53. The summed E-state index contributed by atoms with van der Waals surface area (Å²) in [5.41, 5.74) is -0.176. The predicted molar refractivity (Wildman–Crippen MR) is 96.9 cm³/mol. The third-order valence-electron chi connectivity index (χ3n) is 5.44. The average molecular weight is 370 g/mol. The van der Waals surface area contributed by atoms with Crippen molar-refractivity contribution in [2.24, 2.45) is 11.8 Å². The van der Waals surface area contributed by atoms with Gasteiger partial charge in [0.15, 0.2) is 0 Å². The van der Waals surface area contributed by atoms with E-state index in [2.05, 4.69) is 5.32 Å². The molecule has 2 aliphatic heterocycles. The third kappa shape index (κ3) is 2.17. The maximum Gasteiger partial charge on any atom is 0.324 e. The number of carboxylic acid groups (broad SMARTS) is 1. The summed E-state index contributed by atoms with van der Waals surface area (Å²) < 4.78 is 0.